The number of aliphatic hydroxyl groups is 1. The van der Waals surface area contributed by atoms with E-state index in [9.17, 15) is 19.5 Å². The van der Waals surface area contributed by atoms with Crippen LogP contribution in [0.15, 0.2) is 131 Å². The topological polar surface area (TPSA) is 247 Å². The molecule has 2 amide bonds. The molecule has 0 spiro atoms. The number of aryl methyl sites for hydroxylation is 3. The number of hydrogen-bond acceptors (Lipinski definition) is 14. The van der Waals surface area contributed by atoms with Crippen molar-refractivity contribution in [2.24, 2.45) is 26.8 Å². The second-order valence-corrected chi connectivity index (χ2v) is 26.6. The first-order valence-corrected chi connectivity index (χ1v) is 34.5. The number of aliphatic hydroxyl groups excluding tert-OH is 1. The molecule has 5 atom stereocenters. The van der Waals surface area contributed by atoms with Crippen LogP contribution in [0.1, 0.15) is 202 Å². The van der Waals surface area contributed by atoms with Crippen molar-refractivity contribution in [2.45, 2.75) is 184 Å². The van der Waals surface area contributed by atoms with Gasteiger partial charge in [-0.25, -0.2) is 20.0 Å². The van der Waals surface area contributed by atoms with Crippen LogP contribution >= 0.6 is 0 Å². The number of hydrogen-bond donors (Lipinski definition) is 6. The average Bonchev–Trinajstić information content (AvgIpc) is 1.59. The van der Waals surface area contributed by atoms with E-state index < -0.39 is 11.9 Å². The lowest BCUT2D eigenvalue weighted by molar-refractivity contribution is -0.141. The second-order valence-electron chi connectivity index (χ2n) is 26.6. The SMILES string of the molecule is C=Cc1c(C)c2cc3nc(c(CC(=O)OC)c4nc(cc5[nH]c(cc1[nH]2)c(C)c5CC)C(C)=C4C(=O)NCCCNC(=O)CC[C@@H]1C2=C4CC(O)=C5C4=NC(=C5C)C=C4N=C(C=C5N=C(C=C(N2)[C@H]1C)C(C)=C5C(C)OCCCCCC)C(C)=C4CC)[C@@H](CCC(=O)OC)[C@@H]3C. The Morgan fingerprint density at radius 3 is 2.18 bits per heavy atom. The molecule has 96 heavy (non-hydrogen) atoms. The lowest BCUT2D eigenvalue weighted by atomic mass is 9.84. The van der Waals surface area contributed by atoms with Gasteiger partial charge in [0.2, 0.25) is 5.91 Å². The van der Waals surface area contributed by atoms with Crippen LogP contribution < -0.4 is 16.0 Å². The van der Waals surface area contributed by atoms with E-state index in [1.54, 1.807) is 0 Å². The summed E-state index contributed by atoms with van der Waals surface area (Å²) in [6.07, 6.45) is 15.6. The standard InChI is InChI=1S/C78H94N10O8/c1-16-20-21-22-30-96-47(13)71-44(10)60-34-59-42(8)51(74(85-59)53-31-67(89)72-45(11)61(87-76(53)72)36-64-50(19-4)41(7)57(83-64)38-66(71)84-60)24-26-68(90)79-28-23-29-80-78(93)73-46(12)62-37-65-49(18-3)40(6)56(82-65)35-63-48(17-2)39(5)55(81-63)33-58-43(9)52(25-27-69(91)94-14)75(86-58)54(77(73)88-62)32-70(92)95-15/h17,33-38,42-43,47,51-52,81-82,85,89H,2,16,18-32H2,1,3-15H3,(H,79,90)(H,80,93)/t42-,43-,47?,51-,52-/m0/s1. The van der Waals surface area contributed by atoms with Gasteiger partial charge >= 0.3 is 11.9 Å². The van der Waals surface area contributed by atoms with Crippen molar-refractivity contribution >= 4 is 80.2 Å². The van der Waals surface area contributed by atoms with E-state index in [4.69, 9.17) is 39.2 Å². The highest BCUT2D eigenvalue weighted by atomic mass is 16.5. The third-order valence-corrected chi connectivity index (χ3v) is 20.9. The number of aromatic amines is 2. The van der Waals surface area contributed by atoms with Crippen molar-refractivity contribution in [2.75, 3.05) is 33.9 Å². The number of rotatable bonds is 23. The molecule has 3 aromatic heterocycles. The van der Waals surface area contributed by atoms with Gasteiger partial charge in [0.05, 0.1) is 83.6 Å². The molecule has 504 valence electrons. The van der Waals surface area contributed by atoms with Crippen LogP contribution in [0.5, 0.6) is 0 Å². The molecule has 0 saturated carbocycles. The molecule has 18 heteroatoms. The molecule has 0 radical (unpaired) electrons. The highest BCUT2D eigenvalue weighted by Gasteiger charge is 2.42. The predicted octanol–water partition coefficient (Wildman–Crippen LogP) is 14.7. The Labute approximate surface area is 564 Å². The van der Waals surface area contributed by atoms with Gasteiger partial charge in [0.25, 0.3) is 5.91 Å². The number of nitrogens with one attached hydrogen (secondary N) is 5. The van der Waals surface area contributed by atoms with Gasteiger partial charge in [-0.3, -0.25) is 24.2 Å². The third kappa shape index (κ3) is 13.1. The zero-order valence-corrected chi connectivity index (χ0v) is 58.5. The average molecular weight is 1300 g/mol. The summed E-state index contributed by atoms with van der Waals surface area (Å²) in [6, 6.07) is 6.09. The molecular weight excluding hydrogens is 1200 g/mol. The maximum Gasteiger partial charge on any atom is 0.310 e. The van der Waals surface area contributed by atoms with Crippen molar-refractivity contribution in [1.82, 2.24) is 35.9 Å². The van der Waals surface area contributed by atoms with E-state index in [0.717, 1.165) is 160 Å². The Kier molecular flexibility index (Phi) is 20.5. The summed E-state index contributed by atoms with van der Waals surface area (Å²) in [5, 5.41) is 21.9. The van der Waals surface area contributed by atoms with Gasteiger partial charge in [-0.1, -0.05) is 66.5 Å². The highest BCUT2D eigenvalue weighted by Crippen LogP contribution is 2.48. The summed E-state index contributed by atoms with van der Waals surface area (Å²) in [7, 11) is 2.69. The minimum Gasteiger partial charge on any atom is -0.511 e. The van der Waals surface area contributed by atoms with Crippen LogP contribution in [0.25, 0.3) is 39.3 Å². The Morgan fingerprint density at radius 1 is 0.729 bits per heavy atom. The van der Waals surface area contributed by atoms with Crippen molar-refractivity contribution in [3.8, 4) is 0 Å². The van der Waals surface area contributed by atoms with Gasteiger partial charge in [-0.05, 0) is 168 Å². The van der Waals surface area contributed by atoms with Crippen LogP contribution in [0, 0.1) is 25.7 Å². The number of methoxy groups -OCH3 is 2. The number of carbonyl (C=O) groups is 4. The molecule has 7 aliphatic heterocycles. The molecule has 1 saturated heterocycles. The van der Waals surface area contributed by atoms with Crippen molar-refractivity contribution in [3.05, 3.63) is 167 Å². The molecule has 0 aromatic carbocycles. The fourth-order valence-electron chi connectivity index (χ4n) is 15.2. The van der Waals surface area contributed by atoms with Crippen molar-refractivity contribution in [3.63, 3.8) is 0 Å². The number of carbonyl (C=O) groups excluding carboxylic acids is 4. The smallest absolute Gasteiger partial charge is 0.310 e. The zero-order chi connectivity index (χ0) is 68.5. The minimum atomic E-state index is -0.543. The first-order valence-electron chi connectivity index (χ1n) is 34.5. The molecule has 1 aliphatic carbocycles. The fraction of sp³-hybridized carbons (Fsp3) is 0.449. The molecule has 18 nitrogen and oxygen atoms in total. The van der Waals surface area contributed by atoms with E-state index in [2.05, 4.69) is 119 Å². The van der Waals surface area contributed by atoms with Gasteiger partial charge < -0.3 is 45.2 Å². The predicted molar refractivity (Wildman–Crippen MR) is 382 cm³/mol. The minimum absolute atomic E-state index is 0.0621. The number of ether oxygens (including phenoxy) is 3. The number of unbranched alkanes of at least 4 members (excludes halogenated alkanes) is 3. The molecular formula is C78H94N10O8. The largest absolute Gasteiger partial charge is 0.511 e. The molecule has 3 aromatic rings. The maximum atomic E-state index is 15.0. The zero-order valence-electron chi connectivity index (χ0n) is 58.5. The lowest BCUT2D eigenvalue weighted by Crippen LogP contribution is -2.30. The summed E-state index contributed by atoms with van der Waals surface area (Å²) in [4.78, 5) is 89.5. The van der Waals surface area contributed by atoms with Crippen LogP contribution in [0.2, 0.25) is 0 Å². The summed E-state index contributed by atoms with van der Waals surface area (Å²) in [5.41, 5.74) is 24.7. The van der Waals surface area contributed by atoms with Crippen molar-refractivity contribution in [1.29, 1.82) is 0 Å². The fourth-order valence-corrected chi connectivity index (χ4v) is 15.2. The van der Waals surface area contributed by atoms with Gasteiger partial charge in [0, 0.05) is 130 Å². The number of H-pyrrole nitrogens is 2. The van der Waals surface area contributed by atoms with Crippen LogP contribution in [0.4, 0.5) is 0 Å². The van der Waals surface area contributed by atoms with Crippen LogP contribution in [-0.4, -0.2) is 106 Å². The number of aliphatic imine (C=N–C) groups is 3. The molecule has 1 fully saturated rings. The van der Waals surface area contributed by atoms with Gasteiger partial charge in [0.15, 0.2) is 0 Å². The molecule has 16 bridgehead atoms. The highest BCUT2D eigenvalue weighted by molar-refractivity contribution is 6.28. The number of allylic oxidation sites excluding steroid dienone is 12. The van der Waals surface area contributed by atoms with E-state index >= 15 is 4.79 Å². The van der Waals surface area contributed by atoms with Crippen LogP contribution in [-0.2, 0) is 46.2 Å². The second kappa shape index (κ2) is 28.7. The van der Waals surface area contributed by atoms with Crippen molar-refractivity contribution < 1.29 is 38.5 Å². The summed E-state index contributed by atoms with van der Waals surface area (Å²) >= 11 is 0. The van der Waals surface area contributed by atoms with E-state index in [0.29, 0.717) is 73.5 Å². The number of esters is 2. The normalized spacial score (nSPS) is 20.0. The third-order valence-electron chi connectivity index (χ3n) is 20.9. The molecule has 6 N–H and O–H groups in total. The summed E-state index contributed by atoms with van der Waals surface area (Å²) in [5.74, 6) is -1.97. The Morgan fingerprint density at radius 2 is 1.45 bits per heavy atom. The maximum absolute atomic E-state index is 15.0. The Bertz CT molecular complexity index is 4390. The summed E-state index contributed by atoms with van der Waals surface area (Å²) in [6.45, 7) is 30.4. The number of fused-ring (bicyclic) bond motifs is 13. The first kappa shape index (κ1) is 68.4. The molecule has 1 unspecified atom stereocenters. The first-order chi connectivity index (χ1) is 46.1. The van der Waals surface area contributed by atoms with Gasteiger partial charge in [-0.15, -0.1) is 0 Å². The van der Waals surface area contributed by atoms with Crippen LogP contribution in [0.3, 0.4) is 0 Å². The molecule has 10 heterocycles. The van der Waals surface area contributed by atoms with E-state index in [1.165, 1.54) is 20.6 Å². The number of aromatic nitrogens is 4. The number of nitrogens with zero attached hydrogens (tertiary/aromatic N) is 5. The monoisotopic (exact) mass is 1300 g/mol. The quantitative estimate of drug-likeness (QED) is 0.0385. The molecule has 11 rings (SSSR count). The Balaban J connectivity index is 0.869. The summed E-state index contributed by atoms with van der Waals surface area (Å²) < 4.78 is 17.0. The lowest BCUT2D eigenvalue weighted by Gasteiger charge is -2.18. The number of amides is 2. The van der Waals surface area contributed by atoms with E-state index in [1.807, 2.05) is 39.0 Å². The Hall–Kier alpha value is -9.03. The van der Waals surface area contributed by atoms with Gasteiger partial charge in [0.1, 0.15) is 5.76 Å². The van der Waals surface area contributed by atoms with Gasteiger partial charge in [-0.2, -0.15) is 0 Å². The molecule has 8 aliphatic rings. The van der Waals surface area contributed by atoms with E-state index in [-0.39, 0.29) is 78.8 Å².